The van der Waals surface area contributed by atoms with E-state index < -0.39 is 6.10 Å². The van der Waals surface area contributed by atoms with E-state index in [2.05, 4.69) is 19.2 Å². The molecular weight excluding hydrogens is 226 g/mol. The fourth-order valence-corrected chi connectivity index (χ4v) is 1.71. The summed E-state index contributed by atoms with van der Waals surface area (Å²) in [5.74, 6) is 1.09. The summed E-state index contributed by atoms with van der Waals surface area (Å²) in [6, 6.07) is 7.99. The molecule has 0 aliphatic carbocycles. The maximum Gasteiger partial charge on any atom is 0.260 e. The van der Waals surface area contributed by atoms with Gasteiger partial charge in [0.15, 0.2) is 6.10 Å². The van der Waals surface area contributed by atoms with Gasteiger partial charge >= 0.3 is 0 Å². The van der Waals surface area contributed by atoms with Crippen molar-refractivity contribution in [3.8, 4) is 5.75 Å². The Morgan fingerprint density at radius 2 is 1.72 bits per heavy atom. The van der Waals surface area contributed by atoms with Crippen molar-refractivity contribution >= 4 is 5.91 Å². The van der Waals surface area contributed by atoms with Gasteiger partial charge in [0.1, 0.15) is 5.75 Å². The molecule has 0 bridgehead atoms. The Balaban J connectivity index is 2.75. The van der Waals surface area contributed by atoms with Crippen LogP contribution in [0.2, 0.25) is 0 Å². The molecule has 0 aliphatic heterocycles. The maximum absolute atomic E-state index is 11.8. The number of hydrogen-bond donors (Lipinski definition) is 1. The van der Waals surface area contributed by atoms with Crippen LogP contribution in [0.4, 0.5) is 0 Å². The average molecular weight is 249 g/mol. The Labute approximate surface area is 110 Å². The molecule has 0 saturated heterocycles. The molecule has 3 heteroatoms. The smallest absolute Gasteiger partial charge is 0.260 e. The molecule has 100 valence electrons. The van der Waals surface area contributed by atoms with E-state index in [1.165, 1.54) is 0 Å². The first-order valence-corrected chi connectivity index (χ1v) is 6.47. The van der Waals surface area contributed by atoms with Gasteiger partial charge in [0.05, 0.1) is 0 Å². The zero-order chi connectivity index (χ0) is 13.7. The largest absolute Gasteiger partial charge is 0.481 e. The second-order valence-electron chi connectivity index (χ2n) is 5.12. The number of hydrogen-bond acceptors (Lipinski definition) is 2. The predicted octanol–water partition coefficient (Wildman–Crippen LogP) is 3.10. The van der Waals surface area contributed by atoms with Crippen molar-refractivity contribution in [2.75, 3.05) is 0 Å². The minimum Gasteiger partial charge on any atom is -0.481 e. The quantitative estimate of drug-likeness (QED) is 0.870. The molecule has 0 aliphatic rings. The Kier molecular flexibility index (Phi) is 5.20. The highest BCUT2D eigenvalue weighted by atomic mass is 16.5. The highest BCUT2D eigenvalue weighted by Gasteiger charge is 2.17. The summed E-state index contributed by atoms with van der Waals surface area (Å²) in [6.45, 7) is 9.87. The van der Waals surface area contributed by atoms with Gasteiger partial charge in [-0.25, -0.2) is 0 Å². The van der Waals surface area contributed by atoms with Crippen LogP contribution in [-0.2, 0) is 4.79 Å². The molecular formula is C15H23NO2. The van der Waals surface area contributed by atoms with Crippen molar-refractivity contribution < 1.29 is 9.53 Å². The second-order valence-corrected chi connectivity index (χ2v) is 5.12. The summed E-state index contributed by atoms with van der Waals surface area (Å²) in [5, 5.41) is 2.85. The van der Waals surface area contributed by atoms with Gasteiger partial charge in [-0.15, -0.1) is 0 Å². The molecule has 0 fully saturated rings. The number of amides is 1. The van der Waals surface area contributed by atoms with Gasteiger partial charge in [-0.2, -0.15) is 0 Å². The van der Waals surface area contributed by atoms with Crippen LogP contribution >= 0.6 is 0 Å². The summed E-state index contributed by atoms with van der Waals surface area (Å²) in [6.07, 6.45) is -0.479. The molecule has 0 spiro atoms. The number of ether oxygens (including phenoxy) is 1. The molecule has 1 aromatic carbocycles. The molecule has 0 radical (unpaired) electrons. The van der Waals surface area contributed by atoms with Crippen LogP contribution < -0.4 is 10.1 Å². The van der Waals surface area contributed by atoms with Gasteiger partial charge in [0, 0.05) is 6.04 Å². The first-order valence-electron chi connectivity index (χ1n) is 6.47. The van der Waals surface area contributed by atoms with Gasteiger partial charge in [0.2, 0.25) is 0 Å². The number of carbonyl (C=O) groups excluding carboxylic acids is 1. The van der Waals surface area contributed by atoms with Gasteiger partial charge in [-0.1, -0.05) is 32.0 Å². The van der Waals surface area contributed by atoms with Crippen molar-refractivity contribution in [2.24, 2.45) is 0 Å². The topological polar surface area (TPSA) is 38.3 Å². The predicted molar refractivity (Wildman–Crippen MR) is 73.9 cm³/mol. The first kappa shape index (κ1) is 14.6. The van der Waals surface area contributed by atoms with Gasteiger partial charge < -0.3 is 10.1 Å². The molecule has 18 heavy (non-hydrogen) atoms. The third-order valence-corrected chi connectivity index (χ3v) is 2.64. The molecule has 0 saturated carbocycles. The Morgan fingerprint density at radius 3 is 2.28 bits per heavy atom. The molecule has 3 nitrogen and oxygen atoms in total. The van der Waals surface area contributed by atoms with Crippen molar-refractivity contribution in [2.45, 2.75) is 52.7 Å². The summed E-state index contributed by atoms with van der Waals surface area (Å²) >= 11 is 0. The number of nitrogens with one attached hydrogen (secondary N) is 1. The highest BCUT2D eigenvalue weighted by Crippen LogP contribution is 2.26. The van der Waals surface area contributed by atoms with Crippen molar-refractivity contribution in [3.05, 3.63) is 29.8 Å². The van der Waals surface area contributed by atoms with Crippen LogP contribution in [-0.4, -0.2) is 18.1 Å². The Bertz CT molecular complexity index is 399. The average Bonchev–Trinajstić information content (AvgIpc) is 2.28. The van der Waals surface area contributed by atoms with E-state index in [4.69, 9.17) is 4.74 Å². The zero-order valence-electron chi connectivity index (χ0n) is 11.9. The SMILES string of the molecule is CC(C)NC(=O)C(C)Oc1ccccc1C(C)C. The summed E-state index contributed by atoms with van der Waals surface area (Å²) < 4.78 is 5.76. The van der Waals surface area contributed by atoms with E-state index in [9.17, 15) is 4.79 Å². The lowest BCUT2D eigenvalue weighted by Crippen LogP contribution is -2.40. The number of rotatable bonds is 5. The molecule has 1 N–H and O–H groups in total. The molecule has 1 aromatic rings. The standard InChI is InChI=1S/C15H23NO2/c1-10(2)13-8-6-7-9-14(13)18-12(5)15(17)16-11(3)4/h6-12H,1-5H3,(H,16,17). The molecule has 1 rings (SSSR count). The van der Waals surface area contributed by atoms with Crippen molar-refractivity contribution in [1.29, 1.82) is 0 Å². The summed E-state index contributed by atoms with van der Waals surface area (Å²) in [5.41, 5.74) is 1.13. The van der Waals surface area contributed by atoms with E-state index in [1.807, 2.05) is 38.1 Å². The van der Waals surface area contributed by atoms with Crippen LogP contribution in [0.3, 0.4) is 0 Å². The molecule has 0 heterocycles. The number of carbonyl (C=O) groups is 1. The lowest BCUT2D eigenvalue weighted by molar-refractivity contribution is -0.127. The van der Waals surface area contributed by atoms with E-state index in [1.54, 1.807) is 6.92 Å². The Hall–Kier alpha value is -1.51. The van der Waals surface area contributed by atoms with E-state index in [0.717, 1.165) is 11.3 Å². The van der Waals surface area contributed by atoms with Crippen LogP contribution in [0.1, 0.15) is 46.1 Å². The molecule has 1 amide bonds. The third kappa shape index (κ3) is 4.06. The molecule has 1 unspecified atom stereocenters. The Morgan fingerprint density at radius 1 is 1.11 bits per heavy atom. The van der Waals surface area contributed by atoms with Gasteiger partial charge in [-0.3, -0.25) is 4.79 Å². The maximum atomic E-state index is 11.8. The van der Waals surface area contributed by atoms with Crippen molar-refractivity contribution in [3.63, 3.8) is 0 Å². The van der Waals surface area contributed by atoms with Crippen LogP contribution in [0.5, 0.6) is 5.75 Å². The van der Waals surface area contributed by atoms with Gasteiger partial charge in [0.25, 0.3) is 5.91 Å². The van der Waals surface area contributed by atoms with Crippen LogP contribution in [0.15, 0.2) is 24.3 Å². The second kappa shape index (κ2) is 6.43. The number of para-hydroxylation sites is 1. The summed E-state index contributed by atoms with van der Waals surface area (Å²) in [4.78, 5) is 11.8. The minimum absolute atomic E-state index is 0.0800. The minimum atomic E-state index is -0.479. The van der Waals surface area contributed by atoms with Crippen LogP contribution in [0.25, 0.3) is 0 Å². The van der Waals surface area contributed by atoms with E-state index in [-0.39, 0.29) is 11.9 Å². The lowest BCUT2D eigenvalue weighted by Gasteiger charge is -2.19. The monoisotopic (exact) mass is 249 g/mol. The van der Waals surface area contributed by atoms with E-state index >= 15 is 0 Å². The van der Waals surface area contributed by atoms with Gasteiger partial charge in [-0.05, 0) is 38.3 Å². The lowest BCUT2D eigenvalue weighted by atomic mass is 10.0. The van der Waals surface area contributed by atoms with E-state index in [0.29, 0.717) is 5.92 Å². The number of benzene rings is 1. The normalized spacial score (nSPS) is 12.6. The summed E-state index contributed by atoms with van der Waals surface area (Å²) in [7, 11) is 0. The van der Waals surface area contributed by atoms with Crippen LogP contribution in [0, 0.1) is 0 Å². The third-order valence-electron chi connectivity index (χ3n) is 2.64. The molecule has 0 aromatic heterocycles. The first-order chi connectivity index (χ1) is 8.41. The zero-order valence-corrected chi connectivity index (χ0v) is 11.9. The fraction of sp³-hybridized carbons (Fsp3) is 0.533. The fourth-order valence-electron chi connectivity index (χ4n) is 1.71. The highest BCUT2D eigenvalue weighted by molar-refractivity contribution is 5.80. The van der Waals surface area contributed by atoms with Crippen molar-refractivity contribution in [1.82, 2.24) is 5.32 Å². The molecule has 1 atom stereocenters.